The summed E-state index contributed by atoms with van der Waals surface area (Å²) in [4.78, 5) is 3.45. The molecule has 0 saturated carbocycles. The topological polar surface area (TPSA) is 110 Å². The molecule has 1 heterocycles. The van der Waals surface area contributed by atoms with E-state index in [-0.39, 0.29) is 17.0 Å². The molecule has 0 fully saturated rings. The molecule has 7 nitrogen and oxygen atoms in total. The highest BCUT2D eigenvalue weighted by molar-refractivity contribution is 7.92. The Kier molecular flexibility index (Phi) is 7.27. The summed E-state index contributed by atoms with van der Waals surface area (Å²) < 4.78 is 90.3. The van der Waals surface area contributed by atoms with Crippen molar-refractivity contribution < 1.29 is 30.0 Å². The van der Waals surface area contributed by atoms with Crippen LogP contribution < -0.4 is 10.0 Å². The molecule has 1 unspecified atom stereocenters. The molecule has 182 valence electrons. The van der Waals surface area contributed by atoms with Crippen LogP contribution in [0.4, 0.5) is 19.0 Å². The van der Waals surface area contributed by atoms with Crippen molar-refractivity contribution in [2.24, 2.45) is 5.73 Å². The maximum absolute atomic E-state index is 13.5. The van der Waals surface area contributed by atoms with Gasteiger partial charge in [-0.3, -0.25) is 0 Å². The summed E-state index contributed by atoms with van der Waals surface area (Å²) in [5.41, 5.74) is 5.25. The Morgan fingerprint density at radius 2 is 1.62 bits per heavy atom. The van der Waals surface area contributed by atoms with Crippen LogP contribution in [0.1, 0.15) is 22.1 Å². The van der Waals surface area contributed by atoms with Gasteiger partial charge in [0.15, 0.2) is 15.7 Å². The Balaban J connectivity index is 2.09. The number of nitrogens with two attached hydrogens (primary N) is 1. The molecule has 0 aliphatic rings. The predicted octanol–water partition coefficient (Wildman–Crippen LogP) is 4.15. The highest BCUT2D eigenvalue weighted by Crippen LogP contribution is 2.36. The molecule has 34 heavy (non-hydrogen) atoms. The normalized spacial score (nSPS) is 13.5. The van der Waals surface area contributed by atoms with Crippen molar-refractivity contribution in [3.63, 3.8) is 0 Å². The molecule has 0 bridgehead atoms. The molecular weight excluding hydrogens is 515 g/mol. The van der Waals surface area contributed by atoms with Crippen LogP contribution in [0.25, 0.3) is 0 Å². The van der Waals surface area contributed by atoms with Crippen LogP contribution >= 0.6 is 11.6 Å². The third-order valence-electron chi connectivity index (χ3n) is 4.81. The van der Waals surface area contributed by atoms with E-state index in [0.29, 0.717) is 17.8 Å². The molecular formula is C21H19ClF3N3O4S2. The van der Waals surface area contributed by atoms with Crippen LogP contribution in [0.2, 0.25) is 5.02 Å². The van der Waals surface area contributed by atoms with E-state index >= 15 is 0 Å². The second kappa shape index (κ2) is 9.53. The Bertz CT molecular complexity index is 1380. The van der Waals surface area contributed by atoms with Crippen molar-refractivity contribution in [1.82, 2.24) is 4.98 Å². The standard InChI is InChI=1S/C21H19ClF3N3O4S2/c1-33(29,30)19(26)15-7-9-17(10-8-15)34(31,32)28(13-14-5-3-2-4-6-14)20-18(22)11-16(12-27-20)21(23,24)25/h2-12,19H,13,26H2,1H3. The molecule has 0 amide bonds. The summed E-state index contributed by atoms with van der Waals surface area (Å²) in [7, 11) is -8.01. The van der Waals surface area contributed by atoms with Crippen LogP contribution in [0, 0.1) is 0 Å². The molecule has 2 N–H and O–H groups in total. The molecule has 0 saturated heterocycles. The van der Waals surface area contributed by atoms with Gasteiger partial charge in [-0.15, -0.1) is 0 Å². The number of pyridine rings is 1. The monoisotopic (exact) mass is 533 g/mol. The van der Waals surface area contributed by atoms with Crippen molar-refractivity contribution in [2.75, 3.05) is 10.6 Å². The van der Waals surface area contributed by atoms with E-state index in [1.807, 2.05) is 0 Å². The van der Waals surface area contributed by atoms with E-state index in [2.05, 4.69) is 4.98 Å². The van der Waals surface area contributed by atoms with E-state index in [4.69, 9.17) is 17.3 Å². The van der Waals surface area contributed by atoms with Gasteiger partial charge in [0.05, 0.1) is 22.0 Å². The third-order valence-corrected chi connectivity index (χ3v) is 8.04. The van der Waals surface area contributed by atoms with E-state index in [1.54, 1.807) is 30.3 Å². The van der Waals surface area contributed by atoms with Gasteiger partial charge in [-0.2, -0.15) is 13.2 Å². The first-order valence-corrected chi connectivity index (χ1v) is 13.3. The average Bonchev–Trinajstić information content (AvgIpc) is 2.76. The summed E-state index contributed by atoms with van der Waals surface area (Å²) in [6.07, 6.45) is -3.27. The van der Waals surface area contributed by atoms with Gasteiger partial charge in [0, 0.05) is 12.5 Å². The molecule has 13 heteroatoms. The number of benzene rings is 2. The SMILES string of the molecule is CS(=O)(=O)C(N)c1ccc(S(=O)(=O)N(Cc2ccccc2)c2ncc(C(F)(F)F)cc2Cl)cc1. The van der Waals surface area contributed by atoms with Crippen LogP contribution in [0.5, 0.6) is 0 Å². The predicted molar refractivity (Wildman–Crippen MR) is 122 cm³/mol. The van der Waals surface area contributed by atoms with Gasteiger partial charge in [0.2, 0.25) is 0 Å². The first kappa shape index (κ1) is 25.9. The molecule has 0 aliphatic heterocycles. The Labute approximate surface area is 200 Å². The smallest absolute Gasteiger partial charge is 0.311 e. The van der Waals surface area contributed by atoms with Gasteiger partial charge < -0.3 is 5.73 Å². The minimum Gasteiger partial charge on any atom is -0.311 e. The average molecular weight is 534 g/mol. The van der Waals surface area contributed by atoms with Crippen LogP contribution in [-0.2, 0) is 32.6 Å². The fourth-order valence-corrected chi connectivity index (χ4v) is 5.39. The number of rotatable bonds is 7. The minimum atomic E-state index is -4.72. The van der Waals surface area contributed by atoms with Crippen LogP contribution in [0.3, 0.4) is 0 Å². The first-order valence-electron chi connectivity index (χ1n) is 9.55. The van der Waals surface area contributed by atoms with Crippen molar-refractivity contribution in [3.05, 3.63) is 88.6 Å². The highest BCUT2D eigenvalue weighted by Gasteiger charge is 2.34. The molecule has 0 aliphatic carbocycles. The van der Waals surface area contributed by atoms with E-state index in [9.17, 15) is 30.0 Å². The first-order chi connectivity index (χ1) is 15.7. The summed E-state index contributed by atoms with van der Waals surface area (Å²) in [5.74, 6) is -0.393. The van der Waals surface area contributed by atoms with Gasteiger partial charge in [-0.25, -0.2) is 26.1 Å². The summed E-state index contributed by atoms with van der Waals surface area (Å²) in [5, 5.41) is -1.86. The molecule has 3 rings (SSSR count). The second-order valence-electron chi connectivity index (χ2n) is 7.34. The maximum Gasteiger partial charge on any atom is 0.417 e. The number of hydrogen-bond acceptors (Lipinski definition) is 6. The largest absolute Gasteiger partial charge is 0.417 e. The number of sulfonamides is 1. The number of anilines is 1. The lowest BCUT2D eigenvalue weighted by Gasteiger charge is -2.25. The number of halogens is 4. The zero-order valence-corrected chi connectivity index (χ0v) is 20.0. The van der Waals surface area contributed by atoms with Crippen molar-refractivity contribution >= 4 is 37.3 Å². The summed E-state index contributed by atoms with van der Waals surface area (Å²) >= 11 is 6.06. The fourth-order valence-electron chi connectivity index (χ4n) is 3.00. The highest BCUT2D eigenvalue weighted by atomic mass is 35.5. The molecule has 1 aromatic heterocycles. The molecule has 3 aromatic rings. The zero-order chi connectivity index (χ0) is 25.3. The summed E-state index contributed by atoms with van der Waals surface area (Å²) in [6, 6.07) is 13.7. The van der Waals surface area contributed by atoms with Gasteiger partial charge in [0.25, 0.3) is 10.0 Å². The Hall–Kier alpha value is -2.67. The number of aromatic nitrogens is 1. The van der Waals surface area contributed by atoms with Gasteiger partial charge in [0.1, 0.15) is 5.37 Å². The lowest BCUT2D eigenvalue weighted by Crippen LogP contribution is -2.32. The third kappa shape index (κ3) is 5.69. The number of hydrogen-bond donors (Lipinski definition) is 1. The Morgan fingerprint density at radius 1 is 1.03 bits per heavy atom. The van der Waals surface area contributed by atoms with Gasteiger partial charge in [-0.05, 0) is 29.3 Å². The fraction of sp³-hybridized carbons (Fsp3) is 0.190. The van der Waals surface area contributed by atoms with Gasteiger partial charge >= 0.3 is 6.18 Å². The maximum atomic E-state index is 13.5. The Morgan fingerprint density at radius 3 is 2.12 bits per heavy atom. The lowest BCUT2D eigenvalue weighted by atomic mass is 10.2. The zero-order valence-electron chi connectivity index (χ0n) is 17.6. The van der Waals surface area contributed by atoms with Crippen LogP contribution in [0.15, 0.2) is 71.8 Å². The lowest BCUT2D eigenvalue weighted by molar-refractivity contribution is -0.137. The number of sulfone groups is 1. The quantitative estimate of drug-likeness (QED) is 0.488. The summed E-state index contributed by atoms with van der Waals surface area (Å²) in [6.45, 7) is -0.272. The van der Waals surface area contributed by atoms with Gasteiger partial charge in [-0.1, -0.05) is 54.1 Å². The van der Waals surface area contributed by atoms with Crippen molar-refractivity contribution in [3.8, 4) is 0 Å². The molecule has 2 aromatic carbocycles. The van der Waals surface area contributed by atoms with Crippen molar-refractivity contribution in [2.45, 2.75) is 23.0 Å². The van der Waals surface area contributed by atoms with E-state index < -0.39 is 47.8 Å². The number of alkyl halides is 3. The minimum absolute atomic E-state index is 0.168. The van der Waals surface area contributed by atoms with E-state index in [1.165, 1.54) is 12.1 Å². The number of nitrogens with zero attached hydrogens (tertiary/aromatic N) is 2. The van der Waals surface area contributed by atoms with Crippen molar-refractivity contribution in [1.29, 1.82) is 0 Å². The van der Waals surface area contributed by atoms with Crippen LogP contribution in [-0.4, -0.2) is 28.1 Å². The molecule has 1 atom stereocenters. The second-order valence-corrected chi connectivity index (χ2v) is 11.8. The molecule has 0 spiro atoms. The molecule has 0 radical (unpaired) electrons. The van der Waals surface area contributed by atoms with E-state index in [0.717, 1.165) is 22.7 Å².